The quantitative estimate of drug-likeness (QED) is 0.547. The number of hydrogen-bond donors (Lipinski definition) is 0. The molecule has 0 saturated heterocycles. The van der Waals surface area contributed by atoms with Crippen LogP contribution in [0.4, 0.5) is 0 Å². The fourth-order valence-corrected chi connectivity index (χ4v) is 2.81. The number of rotatable bonds is 8. The number of ether oxygens (including phenoxy) is 2. The lowest BCUT2D eigenvalue weighted by Gasteiger charge is -2.11. The first-order valence-corrected chi connectivity index (χ1v) is 8.74. The maximum absolute atomic E-state index is 12.0. The van der Waals surface area contributed by atoms with E-state index in [9.17, 15) is 8.42 Å². The van der Waals surface area contributed by atoms with Gasteiger partial charge in [0.2, 0.25) is 0 Å². The molecule has 0 aliphatic rings. The normalized spacial score (nSPS) is 11.2. The average Bonchev–Trinajstić information content (AvgIpc) is 2.54. The molecule has 124 valence electrons. The Hall–Kier alpha value is -2.05. The third-order valence-electron chi connectivity index (χ3n) is 3.04. The minimum Gasteiger partial charge on any atom is -0.490 e. The van der Waals surface area contributed by atoms with Gasteiger partial charge in [0, 0.05) is 0 Å². The highest BCUT2D eigenvalue weighted by Crippen LogP contribution is 2.26. The fraction of sp³-hybridized carbons (Fsp3) is 0.294. The minimum absolute atomic E-state index is 0.0727. The second-order valence-corrected chi connectivity index (χ2v) is 6.43. The van der Waals surface area contributed by atoms with E-state index in [4.69, 9.17) is 13.7 Å². The van der Waals surface area contributed by atoms with Crippen LogP contribution in [0.1, 0.15) is 12.5 Å². The summed E-state index contributed by atoms with van der Waals surface area (Å²) in [6.07, 6.45) is 0. The molecule has 0 fully saturated rings. The van der Waals surface area contributed by atoms with Crippen molar-refractivity contribution >= 4 is 10.1 Å². The van der Waals surface area contributed by atoms with Crippen molar-refractivity contribution in [3.63, 3.8) is 0 Å². The highest BCUT2D eigenvalue weighted by molar-refractivity contribution is 7.86. The third-order valence-corrected chi connectivity index (χ3v) is 4.36. The zero-order valence-corrected chi connectivity index (χ0v) is 14.0. The first-order valence-electron chi connectivity index (χ1n) is 7.33. The van der Waals surface area contributed by atoms with Crippen molar-refractivity contribution in [1.29, 1.82) is 0 Å². The van der Waals surface area contributed by atoms with E-state index in [1.54, 1.807) is 24.3 Å². The number of para-hydroxylation sites is 2. The molecule has 2 aromatic rings. The summed E-state index contributed by atoms with van der Waals surface area (Å²) in [5.41, 5.74) is 0.986. The number of benzene rings is 2. The molecule has 6 heteroatoms. The van der Waals surface area contributed by atoms with Crippen LogP contribution in [0, 0.1) is 6.92 Å². The van der Waals surface area contributed by atoms with E-state index >= 15 is 0 Å². The fourth-order valence-electron chi connectivity index (χ4n) is 1.91. The molecule has 0 saturated carbocycles. The molecular formula is C17H20O5S. The van der Waals surface area contributed by atoms with E-state index in [1.807, 2.05) is 26.0 Å². The molecule has 0 N–H and O–H groups in total. The standard InChI is InChI=1S/C17H20O5S/c1-3-20-16-6-4-5-7-17(16)21-12-13-22-23(18,19)15-10-8-14(2)9-11-15/h4-11H,3,12-13H2,1-2H3. The SMILES string of the molecule is CCOc1ccccc1OCCOS(=O)(=O)c1ccc(C)cc1. The van der Waals surface area contributed by atoms with Gasteiger partial charge in [-0.1, -0.05) is 29.8 Å². The summed E-state index contributed by atoms with van der Waals surface area (Å²) >= 11 is 0. The van der Waals surface area contributed by atoms with E-state index < -0.39 is 10.1 Å². The van der Waals surface area contributed by atoms with Crippen molar-refractivity contribution in [3.8, 4) is 11.5 Å². The highest BCUT2D eigenvalue weighted by atomic mass is 32.2. The topological polar surface area (TPSA) is 61.8 Å². The van der Waals surface area contributed by atoms with Crippen molar-refractivity contribution < 1.29 is 22.1 Å². The lowest BCUT2D eigenvalue weighted by molar-refractivity contribution is 0.212. The van der Waals surface area contributed by atoms with Crippen LogP contribution in [0.3, 0.4) is 0 Å². The summed E-state index contributed by atoms with van der Waals surface area (Å²) in [7, 11) is -3.76. The molecule has 0 heterocycles. The number of hydrogen-bond acceptors (Lipinski definition) is 5. The van der Waals surface area contributed by atoms with Crippen LogP contribution in [0.5, 0.6) is 11.5 Å². The van der Waals surface area contributed by atoms with Gasteiger partial charge >= 0.3 is 0 Å². The van der Waals surface area contributed by atoms with Gasteiger partial charge in [-0.15, -0.1) is 0 Å². The van der Waals surface area contributed by atoms with Crippen LogP contribution in [0.2, 0.25) is 0 Å². The Labute approximate surface area is 136 Å². The predicted octanol–water partition coefficient (Wildman–Crippen LogP) is 3.18. The van der Waals surface area contributed by atoms with Gasteiger partial charge in [-0.25, -0.2) is 0 Å². The van der Waals surface area contributed by atoms with Gasteiger partial charge < -0.3 is 9.47 Å². The molecule has 0 aliphatic carbocycles. The van der Waals surface area contributed by atoms with Gasteiger partial charge in [-0.2, -0.15) is 8.42 Å². The third kappa shape index (κ3) is 4.97. The Bertz CT molecular complexity index is 723. The zero-order chi connectivity index (χ0) is 16.7. The Balaban J connectivity index is 1.89. The Morgan fingerprint density at radius 2 is 1.48 bits per heavy atom. The average molecular weight is 336 g/mol. The smallest absolute Gasteiger partial charge is 0.297 e. The lowest BCUT2D eigenvalue weighted by atomic mass is 10.2. The molecule has 2 aromatic carbocycles. The van der Waals surface area contributed by atoms with Gasteiger partial charge in [-0.3, -0.25) is 4.18 Å². The second kappa shape index (κ2) is 7.99. The van der Waals surface area contributed by atoms with Crippen LogP contribution in [-0.2, 0) is 14.3 Å². The van der Waals surface area contributed by atoms with Crippen molar-refractivity contribution in [3.05, 3.63) is 54.1 Å². The first-order chi connectivity index (χ1) is 11.0. The van der Waals surface area contributed by atoms with E-state index in [0.29, 0.717) is 18.1 Å². The van der Waals surface area contributed by atoms with Crippen molar-refractivity contribution in [2.45, 2.75) is 18.7 Å². The molecule has 0 spiro atoms. The van der Waals surface area contributed by atoms with Gasteiger partial charge in [0.15, 0.2) is 11.5 Å². The van der Waals surface area contributed by atoms with Crippen molar-refractivity contribution in [2.75, 3.05) is 19.8 Å². The molecule has 0 atom stereocenters. The summed E-state index contributed by atoms with van der Waals surface area (Å²) in [5, 5.41) is 0. The molecule has 5 nitrogen and oxygen atoms in total. The van der Waals surface area contributed by atoms with Gasteiger partial charge in [0.05, 0.1) is 11.5 Å². The molecule has 0 radical (unpaired) electrons. The summed E-state index contributed by atoms with van der Waals surface area (Å²) in [6.45, 7) is 4.33. The maximum Gasteiger partial charge on any atom is 0.297 e. The Morgan fingerprint density at radius 1 is 0.870 bits per heavy atom. The monoisotopic (exact) mass is 336 g/mol. The lowest BCUT2D eigenvalue weighted by Crippen LogP contribution is -2.13. The van der Waals surface area contributed by atoms with Gasteiger partial charge in [0.1, 0.15) is 13.2 Å². The van der Waals surface area contributed by atoms with E-state index in [2.05, 4.69) is 0 Å². The Morgan fingerprint density at radius 3 is 2.09 bits per heavy atom. The molecule has 0 unspecified atom stereocenters. The predicted molar refractivity (Wildman–Crippen MR) is 87.4 cm³/mol. The first kappa shape index (κ1) is 17.3. The molecular weight excluding hydrogens is 316 g/mol. The van der Waals surface area contributed by atoms with Gasteiger partial charge in [0.25, 0.3) is 10.1 Å². The summed E-state index contributed by atoms with van der Waals surface area (Å²) < 4.78 is 40.0. The molecule has 23 heavy (non-hydrogen) atoms. The van der Waals surface area contributed by atoms with Gasteiger partial charge in [-0.05, 0) is 38.1 Å². The van der Waals surface area contributed by atoms with E-state index in [-0.39, 0.29) is 18.1 Å². The molecule has 0 bridgehead atoms. The summed E-state index contributed by atoms with van der Waals surface area (Å²) in [6, 6.07) is 13.7. The van der Waals surface area contributed by atoms with Crippen molar-refractivity contribution in [1.82, 2.24) is 0 Å². The van der Waals surface area contributed by atoms with Crippen LogP contribution >= 0.6 is 0 Å². The summed E-state index contributed by atoms with van der Waals surface area (Å²) in [5.74, 6) is 1.18. The van der Waals surface area contributed by atoms with Crippen LogP contribution in [0.15, 0.2) is 53.4 Å². The van der Waals surface area contributed by atoms with Crippen LogP contribution < -0.4 is 9.47 Å². The Kier molecular flexibility index (Phi) is 6.01. The molecule has 0 aromatic heterocycles. The zero-order valence-electron chi connectivity index (χ0n) is 13.2. The van der Waals surface area contributed by atoms with Crippen LogP contribution in [-0.4, -0.2) is 28.2 Å². The van der Waals surface area contributed by atoms with Crippen LogP contribution in [0.25, 0.3) is 0 Å². The summed E-state index contributed by atoms with van der Waals surface area (Å²) in [4.78, 5) is 0.137. The van der Waals surface area contributed by atoms with E-state index in [1.165, 1.54) is 12.1 Å². The highest BCUT2D eigenvalue weighted by Gasteiger charge is 2.14. The molecule has 2 rings (SSSR count). The van der Waals surface area contributed by atoms with E-state index in [0.717, 1.165) is 5.56 Å². The molecule has 0 amide bonds. The molecule has 0 aliphatic heterocycles. The van der Waals surface area contributed by atoms with Crippen molar-refractivity contribution in [2.24, 2.45) is 0 Å². The minimum atomic E-state index is -3.76. The largest absolute Gasteiger partial charge is 0.490 e. The maximum atomic E-state index is 12.0. The number of aryl methyl sites for hydroxylation is 1. The second-order valence-electron chi connectivity index (χ2n) is 4.82.